The molecule has 0 aliphatic heterocycles. The zero-order valence-corrected chi connectivity index (χ0v) is 14.0. The standard InChI is InChI=1S/C19H12F3N3O2/c1-11-10-25(17(26)12-5-3-2-4-6-12)15-8-7-13(9-14(11)15)16-23-18(27-24-16)19(20,21)22/h2-10H,1H3. The minimum atomic E-state index is -4.70. The van der Waals surface area contributed by atoms with Crippen LogP contribution in [0.5, 0.6) is 0 Å². The highest BCUT2D eigenvalue weighted by Crippen LogP contribution is 2.31. The number of hydrogen-bond donors (Lipinski definition) is 0. The predicted molar refractivity (Wildman–Crippen MR) is 91.1 cm³/mol. The maximum Gasteiger partial charge on any atom is 0.471 e. The first-order valence-corrected chi connectivity index (χ1v) is 7.97. The molecule has 0 atom stereocenters. The molecule has 0 saturated carbocycles. The number of aryl methyl sites for hydroxylation is 1. The van der Waals surface area contributed by atoms with Crippen molar-refractivity contribution in [1.82, 2.24) is 14.7 Å². The van der Waals surface area contributed by atoms with E-state index in [1.165, 1.54) is 4.57 Å². The molecule has 5 nitrogen and oxygen atoms in total. The average molecular weight is 371 g/mol. The van der Waals surface area contributed by atoms with E-state index in [2.05, 4.69) is 14.7 Å². The van der Waals surface area contributed by atoms with E-state index < -0.39 is 12.1 Å². The number of aromatic nitrogens is 3. The molecule has 2 aromatic heterocycles. The molecule has 2 heterocycles. The van der Waals surface area contributed by atoms with Gasteiger partial charge in [0.05, 0.1) is 5.52 Å². The third kappa shape index (κ3) is 2.99. The third-order valence-electron chi connectivity index (χ3n) is 4.17. The Kier molecular flexibility index (Phi) is 3.83. The van der Waals surface area contributed by atoms with Gasteiger partial charge < -0.3 is 4.52 Å². The molecular formula is C19H12F3N3O2. The van der Waals surface area contributed by atoms with Crippen LogP contribution in [0.25, 0.3) is 22.3 Å². The zero-order chi connectivity index (χ0) is 19.2. The van der Waals surface area contributed by atoms with Crippen LogP contribution in [0.3, 0.4) is 0 Å². The molecule has 0 radical (unpaired) electrons. The first-order valence-electron chi connectivity index (χ1n) is 7.97. The number of alkyl halides is 3. The van der Waals surface area contributed by atoms with Crippen molar-refractivity contribution >= 4 is 16.8 Å². The van der Waals surface area contributed by atoms with Crippen LogP contribution in [-0.4, -0.2) is 20.6 Å². The van der Waals surface area contributed by atoms with Gasteiger partial charge in [0.25, 0.3) is 5.91 Å². The van der Waals surface area contributed by atoms with E-state index >= 15 is 0 Å². The lowest BCUT2D eigenvalue weighted by atomic mass is 10.1. The van der Waals surface area contributed by atoms with Gasteiger partial charge in [0.1, 0.15) is 0 Å². The van der Waals surface area contributed by atoms with Crippen molar-refractivity contribution in [3.8, 4) is 11.4 Å². The van der Waals surface area contributed by atoms with Gasteiger partial charge in [-0.25, -0.2) is 0 Å². The molecule has 0 aliphatic rings. The van der Waals surface area contributed by atoms with E-state index in [9.17, 15) is 18.0 Å². The molecule has 0 amide bonds. The van der Waals surface area contributed by atoms with Crippen LogP contribution >= 0.6 is 0 Å². The summed E-state index contributed by atoms with van der Waals surface area (Å²) in [6.45, 7) is 1.82. The summed E-state index contributed by atoms with van der Waals surface area (Å²) in [5.74, 6) is -1.75. The molecule has 0 bridgehead atoms. The Morgan fingerprint density at radius 2 is 1.85 bits per heavy atom. The quantitative estimate of drug-likeness (QED) is 0.512. The first kappa shape index (κ1) is 17.0. The Morgan fingerprint density at radius 3 is 2.52 bits per heavy atom. The molecule has 0 unspecified atom stereocenters. The number of carbonyl (C=O) groups is 1. The number of benzene rings is 2. The highest BCUT2D eigenvalue weighted by Gasteiger charge is 2.38. The lowest BCUT2D eigenvalue weighted by Gasteiger charge is -2.04. The maximum absolute atomic E-state index is 12.7. The average Bonchev–Trinajstić information content (AvgIpc) is 3.27. The molecule has 8 heteroatoms. The van der Waals surface area contributed by atoms with Crippen molar-refractivity contribution < 1.29 is 22.5 Å². The van der Waals surface area contributed by atoms with Crippen LogP contribution in [0.15, 0.2) is 59.3 Å². The van der Waals surface area contributed by atoms with Crippen LogP contribution in [0.2, 0.25) is 0 Å². The lowest BCUT2D eigenvalue weighted by molar-refractivity contribution is -0.159. The molecule has 136 valence electrons. The Labute approximate surface area is 151 Å². The molecule has 0 spiro atoms. The molecule has 27 heavy (non-hydrogen) atoms. The second-order valence-electron chi connectivity index (χ2n) is 6.01. The molecule has 0 saturated heterocycles. The summed E-state index contributed by atoms with van der Waals surface area (Å²) in [5.41, 5.74) is 2.35. The smallest absolute Gasteiger partial charge is 0.329 e. The predicted octanol–water partition coefficient (Wildman–Crippen LogP) is 4.71. The fraction of sp³-hybridized carbons (Fsp3) is 0.105. The molecule has 2 aromatic carbocycles. The summed E-state index contributed by atoms with van der Waals surface area (Å²) in [6.07, 6.45) is -3.00. The van der Waals surface area contributed by atoms with Crippen LogP contribution in [0.4, 0.5) is 13.2 Å². The van der Waals surface area contributed by atoms with Crippen LogP contribution in [0, 0.1) is 6.92 Å². The molecule has 0 N–H and O–H groups in total. The number of nitrogens with zero attached hydrogens (tertiary/aromatic N) is 3. The van der Waals surface area contributed by atoms with E-state index in [4.69, 9.17) is 0 Å². The summed E-state index contributed by atoms with van der Waals surface area (Å²) in [6, 6.07) is 13.7. The number of hydrogen-bond acceptors (Lipinski definition) is 4. The van der Waals surface area contributed by atoms with Gasteiger partial charge in [0.2, 0.25) is 5.82 Å². The van der Waals surface area contributed by atoms with E-state index in [1.807, 2.05) is 13.0 Å². The minimum absolute atomic E-state index is 0.161. The van der Waals surface area contributed by atoms with E-state index in [-0.39, 0.29) is 11.7 Å². The summed E-state index contributed by atoms with van der Waals surface area (Å²) in [5, 5.41) is 4.12. The van der Waals surface area contributed by atoms with E-state index in [0.29, 0.717) is 16.6 Å². The van der Waals surface area contributed by atoms with Crippen molar-refractivity contribution in [1.29, 1.82) is 0 Å². The van der Waals surface area contributed by atoms with Gasteiger partial charge in [-0.1, -0.05) is 23.4 Å². The van der Waals surface area contributed by atoms with Crippen molar-refractivity contribution in [3.63, 3.8) is 0 Å². The SMILES string of the molecule is Cc1cn(C(=O)c2ccccc2)c2ccc(-c3noc(C(F)(F)F)n3)cc12. The van der Waals surface area contributed by atoms with Crippen molar-refractivity contribution in [2.45, 2.75) is 13.1 Å². The molecule has 0 fully saturated rings. The number of rotatable bonds is 2. The molecule has 4 rings (SSSR count). The molecule has 0 aliphatic carbocycles. The summed E-state index contributed by atoms with van der Waals surface area (Å²) >= 11 is 0. The normalized spacial score (nSPS) is 11.9. The minimum Gasteiger partial charge on any atom is -0.329 e. The van der Waals surface area contributed by atoms with Crippen LogP contribution in [0.1, 0.15) is 21.8 Å². The van der Waals surface area contributed by atoms with Crippen LogP contribution < -0.4 is 0 Å². The largest absolute Gasteiger partial charge is 0.471 e. The second kappa shape index (κ2) is 6.08. The summed E-state index contributed by atoms with van der Waals surface area (Å²) < 4.78 is 43.7. The van der Waals surface area contributed by atoms with Crippen molar-refractivity contribution in [2.24, 2.45) is 0 Å². The van der Waals surface area contributed by atoms with E-state index in [0.717, 1.165) is 10.9 Å². The summed E-state index contributed by atoms with van der Waals surface area (Å²) in [7, 11) is 0. The fourth-order valence-corrected chi connectivity index (χ4v) is 2.88. The number of fused-ring (bicyclic) bond motifs is 1. The second-order valence-corrected chi connectivity index (χ2v) is 6.01. The highest BCUT2D eigenvalue weighted by atomic mass is 19.4. The van der Waals surface area contributed by atoms with Gasteiger partial charge >= 0.3 is 12.1 Å². The van der Waals surface area contributed by atoms with Gasteiger partial charge in [-0.3, -0.25) is 9.36 Å². The van der Waals surface area contributed by atoms with Gasteiger partial charge in [0, 0.05) is 22.7 Å². The van der Waals surface area contributed by atoms with Gasteiger partial charge in [-0.05, 0) is 42.8 Å². The van der Waals surface area contributed by atoms with Gasteiger partial charge in [-0.15, -0.1) is 0 Å². The van der Waals surface area contributed by atoms with E-state index in [1.54, 1.807) is 48.7 Å². The zero-order valence-electron chi connectivity index (χ0n) is 14.0. The maximum atomic E-state index is 12.7. The number of halogens is 3. The molecular weight excluding hydrogens is 359 g/mol. The Morgan fingerprint density at radius 1 is 1.11 bits per heavy atom. The Hall–Kier alpha value is -3.42. The molecule has 4 aromatic rings. The monoisotopic (exact) mass is 371 g/mol. The van der Waals surface area contributed by atoms with Crippen molar-refractivity contribution in [2.75, 3.05) is 0 Å². The van der Waals surface area contributed by atoms with Gasteiger partial charge in [-0.2, -0.15) is 18.2 Å². The highest BCUT2D eigenvalue weighted by molar-refractivity contribution is 6.03. The fourth-order valence-electron chi connectivity index (χ4n) is 2.88. The first-order chi connectivity index (χ1) is 12.8. The lowest BCUT2D eigenvalue weighted by Crippen LogP contribution is -2.10. The third-order valence-corrected chi connectivity index (χ3v) is 4.17. The number of carbonyl (C=O) groups excluding carboxylic acids is 1. The van der Waals surface area contributed by atoms with Crippen LogP contribution in [-0.2, 0) is 6.18 Å². The topological polar surface area (TPSA) is 60.9 Å². The van der Waals surface area contributed by atoms with Gasteiger partial charge in [0.15, 0.2) is 0 Å². The Bertz CT molecular complexity index is 1140. The summed E-state index contributed by atoms with van der Waals surface area (Å²) in [4.78, 5) is 16.1. The Balaban J connectivity index is 1.77. The van der Waals surface area contributed by atoms with Crippen molar-refractivity contribution in [3.05, 3.63) is 71.7 Å².